The number of sulfone groups is 1. The van der Waals surface area contributed by atoms with Crippen LogP contribution >= 0.6 is 0 Å². The van der Waals surface area contributed by atoms with E-state index in [1.54, 1.807) is 0 Å². The molecule has 0 amide bonds. The first-order chi connectivity index (χ1) is 14.3. The van der Waals surface area contributed by atoms with E-state index in [9.17, 15) is 34.8 Å². The van der Waals surface area contributed by atoms with Gasteiger partial charge < -0.3 is 9.72 Å². The van der Waals surface area contributed by atoms with Gasteiger partial charge in [0.15, 0.2) is 15.7 Å². The smallest absolute Gasteiger partial charge is 0.405 e. The summed E-state index contributed by atoms with van der Waals surface area (Å²) in [6.45, 7) is 1.36. The molecular formula is C19H14F6N2O3S. The number of aromatic amines is 1. The zero-order chi connectivity index (χ0) is 23.1. The summed E-state index contributed by atoms with van der Waals surface area (Å²) in [6, 6.07) is 6.54. The normalized spacial score (nSPS) is 12.4. The lowest BCUT2D eigenvalue weighted by molar-refractivity contribution is -0.274. The number of nitrogens with one attached hydrogen (secondary N) is 1. The minimum atomic E-state index is -4.97. The number of H-pyrrole nitrogens is 1. The van der Waals surface area contributed by atoms with Gasteiger partial charge in [0.25, 0.3) is 6.43 Å². The molecule has 0 aliphatic rings. The van der Waals surface area contributed by atoms with Crippen LogP contribution in [0.4, 0.5) is 26.3 Å². The number of rotatable bonds is 5. The number of hydrogen-bond donors (Lipinski definition) is 1. The van der Waals surface area contributed by atoms with Crippen LogP contribution in [0.3, 0.4) is 0 Å². The van der Waals surface area contributed by atoms with E-state index < -0.39 is 44.9 Å². The largest absolute Gasteiger partial charge is 0.573 e. The molecule has 3 rings (SSSR count). The van der Waals surface area contributed by atoms with Crippen molar-refractivity contribution in [2.24, 2.45) is 0 Å². The number of benzene rings is 2. The first-order valence-electron chi connectivity index (χ1n) is 8.51. The molecular weight excluding hydrogens is 450 g/mol. The predicted octanol–water partition coefficient (Wildman–Crippen LogP) is 5.43. The fourth-order valence-corrected chi connectivity index (χ4v) is 3.58. The van der Waals surface area contributed by atoms with Gasteiger partial charge >= 0.3 is 6.36 Å². The van der Waals surface area contributed by atoms with E-state index in [1.807, 2.05) is 0 Å². The van der Waals surface area contributed by atoms with Gasteiger partial charge in [-0.1, -0.05) is 18.2 Å². The minimum absolute atomic E-state index is 0.0202. The van der Waals surface area contributed by atoms with Crippen molar-refractivity contribution >= 4 is 9.84 Å². The van der Waals surface area contributed by atoms with Gasteiger partial charge in [-0.2, -0.15) is 0 Å². The van der Waals surface area contributed by atoms with Crippen molar-refractivity contribution in [1.29, 1.82) is 0 Å². The average Bonchev–Trinajstić information content (AvgIpc) is 3.07. The highest BCUT2D eigenvalue weighted by molar-refractivity contribution is 7.90. The Morgan fingerprint density at radius 3 is 2.26 bits per heavy atom. The second-order valence-electron chi connectivity index (χ2n) is 6.59. The molecule has 3 aromatic rings. The fraction of sp³-hybridized carbons (Fsp3) is 0.211. The third-order valence-corrected chi connectivity index (χ3v) is 5.37. The Hall–Kier alpha value is -3.02. The molecule has 0 aliphatic carbocycles. The molecule has 0 atom stereocenters. The third kappa shape index (κ3) is 5.01. The molecule has 31 heavy (non-hydrogen) atoms. The van der Waals surface area contributed by atoms with Crippen molar-refractivity contribution in [3.63, 3.8) is 0 Å². The molecule has 2 aromatic carbocycles. The van der Waals surface area contributed by atoms with E-state index >= 15 is 0 Å². The molecule has 5 nitrogen and oxygen atoms in total. The monoisotopic (exact) mass is 464 g/mol. The van der Waals surface area contributed by atoms with E-state index in [2.05, 4.69) is 14.7 Å². The Bertz CT molecular complexity index is 1240. The lowest BCUT2D eigenvalue weighted by atomic mass is 10.0. The van der Waals surface area contributed by atoms with Gasteiger partial charge in [0.2, 0.25) is 0 Å². The second-order valence-corrected chi connectivity index (χ2v) is 8.58. The van der Waals surface area contributed by atoms with Crippen LogP contribution in [0.15, 0.2) is 41.3 Å². The van der Waals surface area contributed by atoms with Gasteiger partial charge in [0.1, 0.15) is 16.5 Å². The Labute approximate surface area is 172 Å². The van der Waals surface area contributed by atoms with Crippen LogP contribution in [-0.4, -0.2) is 31.0 Å². The summed E-state index contributed by atoms with van der Waals surface area (Å²) in [5, 5.41) is 0. The van der Waals surface area contributed by atoms with Crippen LogP contribution in [0.2, 0.25) is 0 Å². The molecule has 0 unspecified atom stereocenters. The second kappa shape index (κ2) is 7.91. The highest BCUT2D eigenvalue weighted by Crippen LogP contribution is 2.37. The number of hydrogen-bond acceptors (Lipinski definition) is 4. The Morgan fingerprint density at radius 2 is 1.71 bits per heavy atom. The molecule has 0 radical (unpaired) electrons. The summed E-state index contributed by atoms with van der Waals surface area (Å²) in [5.74, 6) is -2.48. The predicted molar refractivity (Wildman–Crippen MR) is 98.9 cm³/mol. The summed E-state index contributed by atoms with van der Waals surface area (Å²) in [4.78, 5) is 5.46. The number of halogens is 6. The molecule has 12 heteroatoms. The van der Waals surface area contributed by atoms with Crippen LogP contribution in [-0.2, 0) is 9.84 Å². The standard InChI is InChI=1S/C19H14F6N2O3S/c1-9-3-4-11(8-13(9)30-19(23,24)25)16-15(26-18(27-16)17(21)22)10-5-6-14(12(20)7-10)31(2,28)29/h3-8,17H,1-2H3,(H,26,27). The topological polar surface area (TPSA) is 72.0 Å². The average molecular weight is 464 g/mol. The Morgan fingerprint density at radius 1 is 1.06 bits per heavy atom. The van der Waals surface area contributed by atoms with Gasteiger partial charge in [-0.05, 0) is 30.7 Å². The third-order valence-electron chi connectivity index (χ3n) is 4.24. The van der Waals surface area contributed by atoms with E-state index in [-0.39, 0.29) is 28.1 Å². The summed E-state index contributed by atoms with van der Waals surface area (Å²) >= 11 is 0. The van der Waals surface area contributed by atoms with Crippen LogP contribution in [0.25, 0.3) is 22.5 Å². The molecule has 0 saturated carbocycles. The molecule has 0 saturated heterocycles. The number of aromatic nitrogens is 2. The maximum Gasteiger partial charge on any atom is 0.573 e. The first-order valence-corrected chi connectivity index (χ1v) is 10.4. The lowest BCUT2D eigenvalue weighted by Crippen LogP contribution is -2.17. The lowest BCUT2D eigenvalue weighted by Gasteiger charge is -2.13. The zero-order valence-corrected chi connectivity index (χ0v) is 16.7. The van der Waals surface area contributed by atoms with Crippen molar-refractivity contribution in [2.75, 3.05) is 6.26 Å². The van der Waals surface area contributed by atoms with Gasteiger partial charge in [-0.3, -0.25) is 0 Å². The number of aryl methyl sites for hydroxylation is 1. The highest BCUT2D eigenvalue weighted by atomic mass is 32.2. The van der Waals surface area contributed by atoms with Crippen LogP contribution in [0.5, 0.6) is 5.75 Å². The first kappa shape index (κ1) is 22.7. The molecule has 166 valence electrons. The van der Waals surface area contributed by atoms with Crippen molar-refractivity contribution < 1.29 is 39.5 Å². The Balaban J connectivity index is 2.18. The van der Waals surface area contributed by atoms with Gasteiger partial charge in [0, 0.05) is 17.4 Å². The van der Waals surface area contributed by atoms with Gasteiger partial charge in [-0.25, -0.2) is 26.6 Å². The minimum Gasteiger partial charge on any atom is -0.405 e. The maximum absolute atomic E-state index is 14.3. The molecule has 0 fully saturated rings. The molecule has 0 bridgehead atoms. The van der Waals surface area contributed by atoms with E-state index in [4.69, 9.17) is 0 Å². The van der Waals surface area contributed by atoms with Crippen LogP contribution in [0.1, 0.15) is 17.8 Å². The molecule has 1 N–H and O–H groups in total. The van der Waals surface area contributed by atoms with Crippen LogP contribution < -0.4 is 4.74 Å². The van der Waals surface area contributed by atoms with Gasteiger partial charge in [0.05, 0.1) is 11.4 Å². The molecule has 0 spiro atoms. The molecule has 1 heterocycles. The summed E-state index contributed by atoms with van der Waals surface area (Å²) in [6.07, 6.45) is -7.23. The van der Waals surface area contributed by atoms with Crippen molar-refractivity contribution in [2.45, 2.75) is 24.6 Å². The summed E-state index contributed by atoms with van der Waals surface area (Å²) < 4.78 is 106. The SMILES string of the molecule is Cc1ccc(-c2[nH]c(C(F)F)nc2-c2ccc(S(C)(=O)=O)c(F)c2)cc1OC(F)(F)F. The molecule has 1 aromatic heterocycles. The van der Waals surface area contributed by atoms with Crippen molar-refractivity contribution in [1.82, 2.24) is 9.97 Å². The van der Waals surface area contributed by atoms with Crippen molar-refractivity contribution in [3.05, 3.63) is 53.6 Å². The number of alkyl halides is 5. The van der Waals surface area contributed by atoms with E-state index in [0.717, 1.165) is 30.5 Å². The fourth-order valence-electron chi connectivity index (χ4n) is 2.85. The van der Waals surface area contributed by atoms with E-state index in [1.165, 1.54) is 19.1 Å². The highest BCUT2D eigenvalue weighted by Gasteiger charge is 2.32. The zero-order valence-electron chi connectivity index (χ0n) is 15.9. The van der Waals surface area contributed by atoms with Gasteiger partial charge in [-0.15, -0.1) is 13.2 Å². The van der Waals surface area contributed by atoms with Crippen molar-refractivity contribution in [3.8, 4) is 28.3 Å². The molecule has 0 aliphatic heterocycles. The quantitative estimate of drug-likeness (QED) is 0.511. The van der Waals surface area contributed by atoms with E-state index in [0.29, 0.717) is 0 Å². The number of ether oxygens (including phenoxy) is 1. The summed E-state index contributed by atoms with van der Waals surface area (Å²) in [7, 11) is -3.88. The Kier molecular flexibility index (Phi) is 5.78. The number of nitrogens with zero attached hydrogens (tertiary/aromatic N) is 1. The number of imidazole rings is 1. The summed E-state index contributed by atoms with van der Waals surface area (Å²) in [5.41, 5.74) is -0.210. The maximum atomic E-state index is 14.3. The van der Waals surface area contributed by atoms with Crippen LogP contribution in [0, 0.1) is 12.7 Å².